The van der Waals surface area contributed by atoms with Crippen molar-refractivity contribution in [2.24, 2.45) is 0 Å². The van der Waals surface area contributed by atoms with Crippen molar-refractivity contribution in [1.29, 1.82) is 0 Å². The number of benzene rings is 3. The summed E-state index contributed by atoms with van der Waals surface area (Å²) in [6.07, 6.45) is 0.187. The molecule has 6 nitrogen and oxygen atoms in total. The smallest absolute Gasteiger partial charge is 0.273 e. The number of anilines is 3. The molecule has 0 spiro atoms. The van der Waals surface area contributed by atoms with E-state index in [1.54, 1.807) is 10.3 Å². The fourth-order valence-electron chi connectivity index (χ4n) is 3.27. The first-order chi connectivity index (χ1) is 16.2. The Morgan fingerprint density at radius 1 is 0.818 bits per heavy atom. The molecule has 0 fully saturated rings. The normalized spacial score (nSPS) is 10.4. The molecule has 0 bridgehead atoms. The molecule has 0 radical (unpaired) electrons. The second-order valence-corrected chi connectivity index (χ2v) is 8.26. The van der Waals surface area contributed by atoms with Crippen LogP contribution in [0.1, 0.15) is 22.5 Å². The van der Waals surface area contributed by atoms with Crippen molar-refractivity contribution in [1.82, 2.24) is 9.88 Å². The fourth-order valence-corrected chi connectivity index (χ4v) is 3.98. The molecule has 7 heteroatoms. The minimum Gasteiger partial charge on any atom is -0.332 e. The average molecular weight is 457 g/mol. The average Bonchev–Trinajstić information content (AvgIpc) is 3.31. The van der Waals surface area contributed by atoms with Gasteiger partial charge < -0.3 is 15.5 Å². The predicted molar refractivity (Wildman–Crippen MR) is 133 cm³/mol. The maximum atomic E-state index is 13.3. The highest BCUT2D eigenvalue weighted by molar-refractivity contribution is 7.14. The lowest BCUT2D eigenvalue weighted by Gasteiger charge is -2.22. The Morgan fingerprint density at radius 3 is 2.09 bits per heavy atom. The van der Waals surface area contributed by atoms with Gasteiger partial charge in [0.05, 0.1) is 0 Å². The van der Waals surface area contributed by atoms with Gasteiger partial charge in [0.1, 0.15) is 5.69 Å². The van der Waals surface area contributed by atoms with Crippen LogP contribution in [0.15, 0.2) is 96.4 Å². The number of hydrogen-bond donors (Lipinski definition) is 2. The van der Waals surface area contributed by atoms with Crippen LogP contribution in [-0.4, -0.2) is 28.2 Å². The molecule has 0 aliphatic rings. The summed E-state index contributed by atoms with van der Waals surface area (Å²) in [5.74, 6) is -0.347. The molecule has 0 saturated carbocycles. The van der Waals surface area contributed by atoms with E-state index >= 15 is 0 Å². The van der Waals surface area contributed by atoms with Gasteiger partial charge in [0.25, 0.3) is 5.91 Å². The van der Waals surface area contributed by atoms with Crippen LogP contribution < -0.4 is 10.6 Å². The zero-order chi connectivity index (χ0) is 22.9. The van der Waals surface area contributed by atoms with Crippen LogP contribution in [0.5, 0.6) is 0 Å². The fraction of sp³-hybridized carbons (Fsp3) is 0.115. The maximum Gasteiger partial charge on any atom is 0.273 e. The summed E-state index contributed by atoms with van der Waals surface area (Å²) in [4.78, 5) is 31.9. The van der Waals surface area contributed by atoms with Gasteiger partial charge in [-0.1, -0.05) is 66.7 Å². The number of carbonyl (C=O) groups is 2. The van der Waals surface area contributed by atoms with Gasteiger partial charge in [-0.05, 0) is 29.8 Å². The van der Waals surface area contributed by atoms with Gasteiger partial charge in [-0.3, -0.25) is 9.59 Å². The second kappa shape index (κ2) is 11.1. The zero-order valence-corrected chi connectivity index (χ0v) is 18.8. The first-order valence-electron chi connectivity index (χ1n) is 10.6. The molecular weight excluding hydrogens is 432 g/mol. The van der Waals surface area contributed by atoms with Gasteiger partial charge in [0.15, 0.2) is 5.13 Å². The van der Waals surface area contributed by atoms with Crippen LogP contribution in [0.3, 0.4) is 0 Å². The van der Waals surface area contributed by atoms with Crippen LogP contribution in [0.25, 0.3) is 0 Å². The zero-order valence-electron chi connectivity index (χ0n) is 18.0. The van der Waals surface area contributed by atoms with E-state index in [9.17, 15) is 9.59 Å². The van der Waals surface area contributed by atoms with Crippen molar-refractivity contribution in [3.8, 4) is 0 Å². The summed E-state index contributed by atoms with van der Waals surface area (Å²) < 4.78 is 0. The first kappa shape index (κ1) is 22.2. The predicted octanol–water partition coefficient (Wildman–Crippen LogP) is 5.56. The number of nitrogens with one attached hydrogen (secondary N) is 2. The Kier molecular flexibility index (Phi) is 7.45. The number of rotatable bonds is 9. The first-order valence-corrected chi connectivity index (χ1v) is 11.5. The molecular formula is C26H24N4O2S. The molecule has 1 heterocycles. The van der Waals surface area contributed by atoms with E-state index in [2.05, 4.69) is 15.6 Å². The molecule has 0 saturated heterocycles. The van der Waals surface area contributed by atoms with Crippen molar-refractivity contribution in [3.05, 3.63) is 108 Å². The summed E-state index contributed by atoms with van der Waals surface area (Å²) in [5, 5.41) is 8.48. The van der Waals surface area contributed by atoms with E-state index in [-0.39, 0.29) is 24.8 Å². The third kappa shape index (κ3) is 6.51. The lowest BCUT2D eigenvalue weighted by Crippen LogP contribution is -2.33. The van der Waals surface area contributed by atoms with Crippen molar-refractivity contribution in [2.75, 3.05) is 17.2 Å². The van der Waals surface area contributed by atoms with E-state index in [1.165, 1.54) is 11.3 Å². The van der Waals surface area contributed by atoms with Gasteiger partial charge in [-0.25, -0.2) is 4.98 Å². The molecule has 0 aliphatic heterocycles. The van der Waals surface area contributed by atoms with Gasteiger partial charge in [0, 0.05) is 36.3 Å². The molecule has 2 N–H and O–H groups in total. The molecule has 1 aromatic heterocycles. The van der Waals surface area contributed by atoms with Crippen LogP contribution in [0.4, 0.5) is 16.5 Å². The van der Waals surface area contributed by atoms with Crippen LogP contribution >= 0.6 is 11.3 Å². The topological polar surface area (TPSA) is 74.3 Å². The SMILES string of the molecule is O=C(CCN(Cc1ccccc1)C(=O)c1csc(Nc2ccccc2)n1)Nc1ccccc1. The Bertz CT molecular complexity index is 1180. The van der Waals surface area contributed by atoms with Gasteiger partial charge in [-0.2, -0.15) is 0 Å². The number of aromatic nitrogens is 1. The molecule has 0 unspecified atom stereocenters. The van der Waals surface area contributed by atoms with Crippen molar-refractivity contribution < 1.29 is 9.59 Å². The number of thiazole rings is 1. The number of nitrogens with zero attached hydrogens (tertiary/aromatic N) is 2. The number of para-hydroxylation sites is 2. The third-order valence-electron chi connectivity index (χ3n) is 4.92. The summed E-state index contributed by atoms with van der Waals surface area (Å²) in [7, 11) is 0. The molecule has 166 valence electrons. The largest absolute Gasteiger partial charge is 0.332 e. The lowest BCUT2D eigenvalue weighted by molar-refractivity contribution is -0.116. The summed E-state index contributed by atoms with van der Waals surface area (Å²) >= 11 is 1.37. The maximum absolute atomic E-state index is 13.3. The van der Waals surface area contributed by atoms with E-state index in [1.807, 2.05) is 91.0 Å². The van der Waals surface area contributed by atoms with Crippen molar-refractivity contribution in [3.63, 3.8) is 0 Å². The molecule has 33 heavy (non-hydrogen) atoms. The van der Waals surface area contributed by atoms with Crippen LogP contribution in [0.2, 0.25) is 0 Å². The number of amides is 2. The third-order valence-corrected chi connectivity index (χ3v) is 5.68. The number of carbonyl (C=O) groups excluding carboxylic acids is 2. The van der Waals surface area contributed by atoms with Crippen LogP contribution in [-0.2, 0) is 11.3 Å². The van der Waals surface area contributed by atoms with Gasteiger partial charge in [0.2, 0.25) is 5.91 Å². The van der Waals surface area contributed by atoms with Crippen LogP contribution in [0, 0.1) is 0 Å². The highest BCUT2D eigenvalue weighted by Crippen LogP contribution is 2.22. The summed E-state index contributed by atoms with van der Waals surface area (Å²) in [6, 6.07) is 28.7. The Labute approximate surface area is 196 Å². The van der Waals surface area contributed by atoms with Crippen molar-refractivity contribution in [2.45, 2.75) is 13.0 Å². The Hall–Kier alpha value is -3.97. The Morgan fingerprint density at radius 2 is 1.42 bits per heavy atom. The highest BCUT2D eigenvalue weighted by atomic mass is 32.1. The molecule has 2 amide bonds. The number of hydrogen-bond acceptors (Lipinski definition) is 5. The molecule has 0 aliphatic carbocycles. The highest BCUT2D eigenvalue weighted by Gasteiger charge is 2.20. The monoisotopic (exact) mass is 456 g/mol. The van der Waals surface area contributed by atoms with E-state index in [0.717, 1.165) is 16.9 Å². The quantitative estimate of drug-likeness (QED) is 0.346. The molecule has 4 rings (SSSR count). The van der Waals surface area contributed by atoms with E-state index < -0.39 is 0 Å². The second-order valence-electron chi connectivity index (χ2n) is 7.41. The lowest BCUT2D eigenvalue weighted by atomic mass is 10.2. The minimum atomic E-state index is -0.205. The Balaban J connectivity index is 1.44. The standard InChI is InChI=1S/C26H24N4O2S/c31-24(27-21-12-6-2-7-13-21)16-17-30(18-20-10-4-1-5-11-20)25(32)23-19-33-26(29-23)28-22-14-8-3-9-15-22/h1-15,19H,16-18H2,(H,27,31)(H,28,29). The van der Waals surface area contributed by atoms with Gasteiger partial charge >= 0.3 is 0 Å². The minimum absolute atomic E-state index is 0.142. The van der Waals surface area contributed by atoms with Crippen molar-refractivity contribution >= 4 is 39.7 Å². The summed E-state index contributed by atoms with van der Waals surface area (Å²) in [5.41, 5.74) is 2.99. The molecule has 3 aromatic carbocycles. The van der Waals surface area contributed by atoms with Gasteiger partial charge in [-0.15, -0.1) is 11.3 Å². The molecule has 4 aromatic rings. The summed E-state index contributed by atoms with van der Waals surface area (Å²) in [6.45, 7) is 0.683. The van der Waals surface area contributed by atoms with E-state index in [0.29, 0.717) is 17.4 Å². The molecule has 0 atom stereocenters. The van der Waals surface area contributed by atoms with E-state index in [4.69, 9.17) is 0 Å².